The number of hydrogen-bond donors (Lipinski definition) is 2. The van der Waals surface area contributed by atoms with Crippen LogP contribution in [0.1, 0.15) is 29.8 Å². The second-order valence-electron chi connectivity index (χ2n) is 5.55. The number of nitrogens with two attached hydrogens (primary N) is 1. The molecule has 2 rings (SSSR count). The number of likely N-dealkylation sites (tertiary alicyclic amines) is 1. The fraction of sp³-hybridized carbons (Fsp3) is 0.500. The molecule has 4 heteroatoms. The summed E-state index contributed by atoms with van der Waals surface area (Å²) in [6.07, 6.45) is 0. The minimum Gasteiger partial charge on any atom is -0.399 e. The number of anilines is 1. The molecule has 1 aliphatic heterocycles. The van der Waals surface area contributed by atoms with Gasteiger partial charge in [0.1, 0.15) is 5.60 Å². The largest absolute Gasteiger partial charge is 0.399 e. The third-order valence-corrected chi connectivity index (χ3v) is 3.64. The monoisotopic (exact) mass is 248 g/mol. The van der Waals surface area contributed by atoms with Crippen molar-refractivity contribution in [2.24, 2.45) is 5.92 Å². The molecule has 18 heavy (non-hydrogen) atoms. The molecule has 0 aliphatic carbocycles. The maximum absolute atomic E-state index is 12.2. The Labute approximate surface area is 107 Å². The van der Waals surface area contributed by atoms with Crippen molar-refractivity contribution in [1.82, 2.24) is 4.90 Å². The Hall–Kier alpha value is -1.55. The van der Waals surface area contributed by atoms with E-state index in [1.165, 1.54) is 0 Å². The molecule has 98 valence electrons. The highest BCUT2D eigenvalue weighted by Crippen LogP contribution is 2.30. The molecule has 0 radical (unpaired) electrons. The summed E-state index contributed by atoms with van der Waals surface area (Å²) >= 11 is 0. The van der Waals surface area contributed by atoms with Gasteiger partial charge < -0.3 is 15.7 Å². The van der Waals surface area contributed by atoms with Crippen molar-refractivity contribution in [1.29, 1.82) is 0 Å². The number of amides is 1. The minimum absolute atomic E-state index is 0.0595. The van der Waals surface area contributed by atoms with E-state index in [1.807, 2.05) is 32.9 Å². The number of hydrogen-bond acceptors (Lipinski definition) is 3. The van der Waals surface area contributed by atoms with E-state index in [2.05, 4.69) is 0 Å². The summed E-state index contributed by atoms with van der Waals surface area (Å²) in [5.74, 6) is 0.0971. The summed E-state index contributed by atoms with van der Waals surface area (Å²) in [4.78, 5) is 13.9. The van der Waals surface area contributed by atoms with E-state index in [4.69, 9.17) is 5.73 Å². The van der Waals surface area contributed by atoms with Crippen molar-refractivity contribution in [3.63, 3.8) is 0 Å². The highest BCUT2D eigenvalue weighted by molar-refractivity contribution is 5.96. The SMILES string of the molecule is Cc1cc(N)cc(C(=O)N2CC(O)(C(C)C)C2)c1. The highest BCUT2D eigenvalue weighted by atomic mass is 16.3. The van der Waals surface area contributed by atoms with Gasteiger partial charge >= 0.3 is 0 Å². The molecule has 1 aromatic carbocycles. The lowest BCUT2D eigenvalue weighted by Gasteiger charge is -2.49. The predicted octanol–water partition coefficient (Wildman–Crippen LogP) is 1.42. The van der Waals surface area contributed by atoms with Crippen LogP contribution in [0, 0.1) is 12.8 Å². The van der Waals surface area contributed by atoms with Gasteiger partial charge in [0.15, 0.2) is 0 Å². The lowest BCUT2D eigenvalue weighted by Crippen LogP contribution is -2.65. The van der Waals surface area contributed by atoms with E-state index in [-0.39, 0.29) is 11.8 Å². The normalized spacial score (nSPS) is 17.7. The Kier molecular flexibility index (Phi) is 3.07. The van der Waals surface area contributed by atoms with Gasteiger partial charge in [-0.2, -0.15) is 0 Å². The van der Waals surface area contributed by atoms with Crippen LogP contribution in [0.4, 0.5) is 5.69 Å². The molecule has 1 heterocycles. The van der Waals surface area contributed by atoms with Gasteiger partial charge in [-0.3, -0.25) is 4.79 Å². The number of aryl methyl sites for hydroxylation is 1. The molecule has 1 fully saturated rings. The van der Waals surface area contributed by atoms with Gasteiger partial charge in [-0.05, 0) is 36.6 Å². The number of aliphatic hydroxyl groups is 1. The fourth-order valence-corrected chi connectivity index (χ4v) is 2.24. The van der Waals surface area contributed by atoms with Crippen LogP contribution in [-0.2, 0) is 0 Å². The first-order valence-electron chi connectivity index (χ1n) is 6.21. The highest BCUT2D eigenvalue weighted by Gasteiger charge is 2.45. The first kappa shape index (κ1) is 12.9. The molecule has 0 atom stereocenters. The van der Waals surface area contributed by atoms with Gasteiger partial charge in [-0.15, -0.1) is 0 Å². The van der Waals surface area contributed by atoms with Gasteiger partial charge in [0, 0.05) is 11.3 Å². The average Bonchev–Trinajstić information content (AvgIpc) is 2.22. The average molecular weight is 248 g/mol. The summed E-state index contributed by atoms with van der Waals surface area (Å²) in [5, 5.41) is 10.1. The Balaban J connectivity index is 2.10. The molecule has 1 saturated heterocycles. The van der Waals surface area contributed by atoms with Crippen LogP contribution in [0.15, 0.2) is 18.2 Å². The van der Waals surface area contributed by atoms with Crippen molar-refractivity contribution in [2.45, 2.75) is 26.4 Å². The summed E-state index contributed by atoms with van der Waals surface area (Å²) in [6.45, 7) is 6.64. The Bertz CT molecular complexity index is 456. The van der Waals surface area contributed by atoms with Crippen molar-refractivity contribution in [3.8, 4) is 0 Å². The van der Waals surface area contributed by atoms with E-state index >= 15 is 0 Å². The zero-order valence-electron chi connectivity index (χ0n) is 11.1. The quantitative estimate of drug-likeness (QED) is 0.778. The van der Waals surface area contributed by atoms with Crippen molar-refractivity contribution < 1.29 is 9.90 Å². The van der Waals surface area contributed by atoms with Crippen molar-refractivity contribution >= 4 is 11.6 Å². The maximum atomic E-state index is 12.2. The third kappa shape index (κ3) is 2.20. The molecular formula is C14H20N2O2. The number of nitrogens with zero attached hydrogens (tertiary/aromatic N) is 1. The van der Waals surface area contributed by atoms with Gasteiger partial charge in [0.2, 0.25) is 0 Å². The molecule has 1 aliphatic rings. The first-order valence-corrected chi connectivity index (χ1v) is 6.21. The Morgan fingerprint density at radius 3 is 2.50 bits per heavy atom. The van der Waals surface area contributed by atoms with Gasteiger partial charge in [0.05, 0.1) is 13.1 Å². The molecule has 0 aromatic heterocycles. The zero-order valence-corrected chi connectivity index (χ0v) is 11.1. The Morgan fingerprint density at radius 1 is 1.39 bits per heavy atom. The second kappa shape index (κ2) is 4.28. The molecule has 0 bridgehead atoms. The summed E-state index contributed by atoms with van der Waals surface area (Å²) in [5.41, 5.74) is 7.17. The molecular weight excluding hydrogens is 228 g/mol. The van der Waals surface area contributed by atoms with Crippen LogP contribution >= 0.6 is 0 Å². The maximum Gasteiger partial charge on any atom is 0.254 e. The number of nitrogen functional groups attached to an aromatic ring is 1. The molecule has 4 nitrogen and oxygen atoms in total. The summed E-state index contributed by atoms with van der Waals surface area (Å²) < 4.78 is 0. The first-order chi connectivity index (χ1) is 8.32. The van der Waals surface area contributed by atoms with E-state index in [0.29, 0.717) is 24.3 Å². The van der Waals surface area contributed by atoms with Crippen LogP contribution in [-0.4, -0.2) is 34.6 Å². The molecule has 0 unspecified atom stereocenters. The van der Waals surface area contributed by atoms with Crippen LogP contribution < -0.4 is 5.73 Å². The fourth-order valence-electron chi connectivity index (χ4n) is 2.24. The molecule has 0 spiro atoms. The predicted molar refractivity (Wildman–Crippen MR) is 71.3 cm³/mol. The minimum atomic E-state index is -0.731. The second-order valence-corrected chi connectivity index (χ2v) is 5.55. The number of rotatable bonds is 2. The van der Waals surface area contributed by atoms with Crippen molar-refractivity contribution in [2.75, 3.05) is 18.8 Å². The summed E-state index contributed by atoms with van der Waals surface area (Å²) in [7, 11) is 0. The molecule has 1 amide bonds. The van der Waals surface area contributed by atoms with Crippen LogP contribution in [0.25, 0.3) is 0 Å². The standard InChI is InChI=1S/C14H20N2O2/c1-9(2)14(18)7-16(8-14)13(17)11-4-10(3)5-12(15)6-11/h4-6,9,18H,7-8,15H2,1-3H3. The lowest BCUT2D eigenvalue weighted by molar-refractivity contribution is -0.110. The third-order valence-electron chi connectivity index (χ3n) is 3.64. The molecule has 1 aromatic rings. The van der Waals surface area contributed by atoms with Crippen LogP contribution in [0.2, 0.25) is 0 Å². The number of carbonyl (C=O) groups excluding carboxylic acids is 1. The number of carbonyl (C=O) groups is 1. The van der Waals surface area contributed by atoms with E-state index in [0.717, 1.165) is 5.56 Å². The number of benzene rings is 1. The Morgan fingerprint density at radius 2 is 2.00 bits per heavy atom. The zero-order chi connectivity index (χ0) is 13.5. The van der Waals surface area contributed by atoms with Gasteiger partial charge in [-0.25, -0.2) is 0 Å². The van der Waals surface area contributed by atoms with Gasteiger partial charge in [0.25, 0.3) is 5.91 Å². The van der Waals surface area contributed by atoms with Crippen LogP contribution in [0.5, 0.6) is 0 Å². The smallest absolute Gasteiger partial charge is 0.254 e. The van der Waals surface area contributed by atoms with E-state index in [9.17, 15) is 9.90 Å². The van der Waals surface area contributed by atoms with Crippen LogP contribution in [0.3, 0.4) is 0 Å². The number of β-amino-alcohol motifs (C(OH)–C–C–N with tert-alkyl or cyclic N) is 1. The lowest BCUT2D eigenvalue weighted by atomic mass is 9.82. The summed E-state index contributed by atoms with van der Waals surface area (Å²) in [6, 6.07) is 5.34. The topological polar surface area (TPSA) is 66.6 Å². The van der Waals surface area contributed by atoms with E-state index < -0.39 is 5.60 Å². The van der Waals surface area contributed by atoms with Crippen molar-refractivity contribution in [3.05, 3.63) is 29.3 Å². The molecule has 3 N–H and O–H groups in total. The van der Waals surface area contributed by atoms with E-state index in [1.54, 1.807) is 11.0 Å². The molecule has 0 saturated carbocycles. The van der Waals surface area contributed by atoms with Gasteiger partial charge in [-0.1, -0.05) is 13.8 Å².